The van der Waals surface area contributed by atoms with Crippen molar-refractivity contribution < 1.29 is 4.21 Å². The first-order valence-corrected chi connectivity index (χ1v) is 7.33. The van der Waals surface area contributed by atoms with E-state index in [1.807, 2.05) is 14.0 Å². The number of hydrogen-bond acceptors (Lipinski definition) is 5. The van der Waals surface area contributed by atoms with E-state index in [2.05, 4.69) is 27.5 Å². The van der Waals surface area contributed by atoms with Crippen LogP contribution in [0.1, 0.15) is 18.9 Å². The normalized spacial score (nSPS) is 14.1. The summed E-state index contributed by atoms with van der Waals surface area (Å²) >= 11 is 0. The van der Waals surface area contributed by atoms with E-state index in [4.69, 9.17) is 0 Å². The molecule has 0 fully saturated rings. The second-order valence-electron chi connectivity index (χ2n) is 4.06. The fourth-order valence-electron chi connectivity index (χ4n) is 1.50. The Morgan fingerprint density at radius 2 is 2.06 bits per heavy atom. The molecule has 1 aromatic rings. The van der Waals surface area contributed by atoms with Crippen molar-refractivity contribution in [1.29, 1.82) is 0 Å². The van der Waals surface area contributed by atoms with E-state index in [1.165, 1.54) is 6.33 Å². The van der Waals surface area contributed by atoms with Gasteiger partial charge in [-0.15, -0.1) is 0 Å². The lowest BCUT2D eigenvalue weighted by Gasteiger charge is -2.16. The largest absolute Gasteiger partial charge is 0.373 e. The van der Waals surface area contributed by atoms with Crippen LogP contribution in [0.5, 0.6) is 0 Å². The Hall–Kier alpha value is -1.17. The Kier molecular flexibility index (Phi) is 5.34. The average Bonchev–Trinajstić information content (AvgIpc) is 2.29. The maximum atomic E-state index is 11.0. The van der Waals surface area contributed by atoms with Crippen LogP contribution in [0.2, 0.25) is 0 Å². The van der Waals surface area contributed by atoms with Crippen LogP contribution in [0.15, 0.2) is 6.33 Å². The lowest BCUT2D eigenvalue weighted by atomic mass is 10.2. The van der Waals surface area contributed by atoms with Gasteiger partial charge in [0.05, 0.1) is 0 Å². The molecule has 5 nitrogen and oxygen atoms in total. The van der Waals surface area contributed by atoms with E-state index in [0.29, 0.717) is 5.75 Å². The van der Waals surface area contributed by atoms with Gasteiger partial charge in [0.25, 0.3) is 0 Å². The zero-order valence-corrected chi connectivity index (χ0v) is 11.6. The maximum absolute atomic E-state index is 11.0. The first-order valence-electron chi connectivity index (χ1n) is 5.60. The fourth-order valence-corrected chi connectivity index (χ4v) is 2.18. The van der Waals surface area contributed by atoms with E-state index >= 15 is 0 Å². The third-order valence-electron chi connectivity index (χ3n) is 2.54. The second-order valence-corrected chi connectivity index (χ2v) is 5.61. The molecule has 17 heavy (non-hydrogen) atoms. The molecule has 0 spiro atoms. The van der Waals surface area contributed by atoms with Gasteiger partial charge in [-0.25, -0.2) is 9.97 Å². The van der Waals surface area contributed by atoms with Gasteiger partial charge in [0.2, 0.25) is 0 Å². The topological polar surface area (TPSA) is 66.9 Å². The highest BCUT2D eigenvalue weighted by molar-refractivity contribution is 7.84. The van der Waals surface area contributed by atoms with Crippen LogP contribution in [0.4, 0.5) is 11.6 Å². The number of hydrogen-bond donors (Lipinski definition) is 2. The summed E-state index contributed by atoms with van der Waals surface area (Å²) in [5.41, 5.74) is 1.000. The SMILES string of the molecule is CNc1ncnc(NC(C)CCS(C)=O)c1C. The molecule has 0 bridgehead atoms. The molecule has 0 aliphatic heterocycles. The highest BCUT2D eigenvalue weighted by Crippen LogP contribution is 2.18. The predicted octanol–water partition coefficient (Wildman–Crippen LogP) is 1.40. The smallest absolute Gasteiger partial charge is 0.134 e. The van der Waals surface area contributed by atoms with Crippen molar-refractivity contribution in [1.82, 2.24) is 9.97 Å². The molecule has 2 N–H and O–H groups in total. The minimum Gasteiger partial charge on any atom is -0.373 e. The molecular weight excluding hydrogens is 236 g/mol. The van der Waals surface area contributed by atoms with Crippen molar-refractivity contribution in [2.75, 3.05) is 29.7 Å². The summed E-state index contributed by atoms with van der Waals surface area (Å²) in [6.45, 7) is 4.03. The molecule has 0 saturated heterocycles. The van der Waals surface area contributed by atoms with E-state index in [-0.39, 0.29) is 6.04 Å². The van der Waals surface area contributed by atoms with Gasteiger partial charge >= 0.3 is 0 Å². The standard InChI is InChI=1S/C11H20N4OS/c1-8(5-6-17(4)16)15-11-9(2)10(12-3)13-7-14-11/h7-8H,5-6H2,1-4H3,(H2,12,13,14,15). The highest BCUT2D eigenvalue weighted by Gasteiger charge is 2.09. The molecule has 2 atom stereocenters. The molecule has 0 saturated carbocycles. The predicted molar refractivity (Wildman–Crippen MR) is 73.0 cm³/mol. The highest BCUT2D eigenvalue weighted by atomic mass is 32.2. The van der Waals surface area contributed by atoms with Crippen LogP contribution in [0.3, 0.4) is 0 Å². The maximum Gasteiger partial charge on any atom is 0.134 e. The van der Waals surface area contributed by atoms with E-state index < -0.39 is 10.8 Å². The van der Waals surface area contributed by atoms with Gasteiger partial charge < -0.3 is 10.6 Å². The molecule has 96 valence electrons. The van der Waals surface area contributed by atoms with Crippen molar-refractivity contribution in [3.05, 3.63) is 11.9 Å². The monoisotopic (exact) mass is 256 g/mol. The van der Waals surface area contributed by atoms with Gasteiger partial charge in [0.1, 0.15) is 18.0 Å². The molecule has 1 heterocycles. The van der Waals surface area contributed by atoms with E-state index in [9.17, 15) is 4.21 Å². The van der Waals surface area contributed by atoms with E-state index in [1.54, 1.807) is 6.26 Å². The minimum absolute atomic E-state index is 0.247. The number of aromatic nitrogens is 2. The zero-order chi connectivity index (χ0) is 12.8. The molecule has 0 radical (unpaired) electrons. The Morgan fingerprint density at radius 3 is 2.65 bits per heavy atom. The van der Waals surface area contributed by atoms with Crippen LogP contribution in [-0.4, -0.2) is 39.3 Å². The lowest BCUT2D eigenvalue weighted by molar-refractivity contribution is 0.678. The summed E-state index contributed by atoms with van der Waals surface area (Å²) in [5.74, 6) is 2.37. The van der Waals surface area contributed by atoms with Crippen molar-refractivity contribution in [3.8, 4) is 0 Å². The summed E-state index contributed by atoms with van der Waals surface area (Å²) in [6.07, 6.45) is 4.12. The first kappa shape index (κ1) is 13.9. The average molecular weight is 256 g/mol. The Morgan fingerprint density at radius 1 is 1.41 bits per heavy atom. The number of rotatable bonds is 6. The molecule has 0 amide bonds. The minimum atomic E-state index is -0.741. The first-order chi connectivity index (χ1) is 8.04. The lowest BCUT2D eigenvalue weighted by Crippen LogP contribution is -2.19. The number of nitrogens with one attached hydrogen (secondary N) is 2. The number of nitrogens with zero attached hydrogens (tertiary/aromatic N) is 2. The third kappa shape index (κ3) is 4.30. The molecule has 1 aromatic heterocycles. The molecule has 0 aliphatic carbocycles. The van der Waals surface area contributed by atoms with Gasteiger partial charge in [-0.2, -0.15) is 0 Å². The van der Waals surface area contributed by atoms with Crippen molar-refractivity contribution in [3.63, 3.8) is 0 Å². The van der Waals surface area contributed by atoms with Crippen LogP contribution >= 0.6 is 0 Å². The Labute approximate surface area is 105 Å². The van der Waals surface area contributed by atoms with Crippen molar-refractivity contribution in [2.45, 2.75) is 26.3 Å². The fraction of sp³-hybridized carbons (Fsp3) is 0.636. The van der Waals surface area contributed by atoms with Gasteiger partial charge in [-0.3, -0.25) is 4.21 Å². The van der Waals surface area contributed by atoms with Crippen LogP contribution in [-0.2, 0) is 10.8 Å². The third-order valence-corrected chi connectivity index (χ3v) is 3.35. The molecule has 1 rings (SSSR count). The summed E-state index contributed by atoms with van der Waals surface area (Å²) in [6, 6.07) is 0.247. The summed E-state index contributed by atoms with van der Waals surface area (Å²) < 4.78 is 11.0. The summed E-state index contributed by atoms with van der Waals surface area (Å²) in [5, 5.41) is 6.33. The molecular formula is C11H20N4OS. The van der Waals surface area contributed by atoms with Gasteiger partial charge in [0, 0.05) is 41.5 Å². The Bertz CT molecular complexity index is 397. The number of anilines is 2. The molecule has 0 aliphatic rings. The summed E-state index contributed by atoms with van der Waals surface area (Å²) in [4.78, 5) is 8.34. The van der Waals surface area contributed by atoms with Crippen LogP contribution in [0.25, 0.3) is 0 Å². The summed E-state index contributed by atoms with van der Waals surface area (Å²) in [7, 11) is 1.10. The van der Waals surface area contributed by atoms with Gasteiger partial charge in [-0.1, -0.05) is 0 Å². The van der Waals surface area contributed by atoms with Crippen LogP contribution in [0, 0.1) is 6.92 Å². The van der Waals surface area contributed by atoms with Crippen molar-refractivity contribution in [2.24, 2.45) is 0 Å². The van der Waals surface area contributed by atoms with Gasteiger partial charge in [-0.05, 0) is 20.3 Å². The zero-order valence-electron chi connectivity index (χ0n) is 10.8. The van der Waals surface area contributed by atoms with Gasteiger partial charge in [0.15, 0.2) is 0 Å². The van der Waals surface area contributed by atoms with Crippen molar-refractivity contribution >= 4 is 22.4 Å². The molecule has 2 unspecified atom stereocenters. The van der Waals surface area contributed by atoms with E-state index in [0.717, 1.165) is 23.6 Å². The molecule has 6 heteroatoms. The molecule has 0 aromatic carbocycles. The Balaban J connectivity index is 2.64. The second kappa shape index (κ2) is 6.54. The quantitative estimate of drug-likeness (QED) is 0.805. The van der Waals surface area contributed by atoms with Crippen LogP contribution < -0.4 is 10.6 Å².